The number of nitrogens with one attached hydrogen (secondary N) is 1. The molecule has 1 fully saturated rings. The second-order valence-electron chi connectivity index (χ2n) is 10.1. The molecule has 0 aromatic heterocycles. The number of carbonyl (C=O) groups is 2. The Hall–Kier alpha value is -3.21. The van der Waals surface area contributed by atoms with E-state index in [1.54, 1.807) is 6.92 Å². The highest BCUT2D eigenvalue weighted by molar-refractivity contribution is 7.89. The lowest BCUT2D eigenvalue weighted by atomic mass is 9.97. The predicted octanol–water partition coefficient (Wildman–Crippen LogP) is 3.51. The third-order valence-corrected chi connectivity index (χ3v) is 9.20. The molecule has 0 bridgehead atoms. The number of hydrogen-bond acceptors (Lipinski definition) is 6. The summed E-state index contributed by atoms with van der Waals surface area (Å²) in [5, 5.41) is 2.99. The Morgan fingerprint density at radius 3 is 2.45 bits per heavy atom. The Morgan fingerprint density at radius 2 is 1.77 bits per heavy atom. The van der Waals surface area contributed by atoms with E-state index in [2.05, 4.69) is 11.4 Å². The summed E-state index contributed by atoms with van der Waals surface area (Å²) in [6.45, 7) is 3.62. The first-order valence-electron chi connectivity index (χ1n) is 13.9. The summed E-state index contributed by atoms with van der Waals surface area (Å²) in [4.78, 5) is 28.0. The zero-order valence-electron chi connectivity index (χ0n) is 23.1. The average Bonchev–Trinajstić information content (AvgIpc) is 3.00. The molecule has 1 aliphatic carbocycles. The van der Waals surface area contributed by atoms with Gasteiger partial charge in [-0.05, 0) is 68.9 Å². The van der Waals surface area contributed by atoms with Gasteiger partial charge >= 0.3 is 0 Å². The van der Waals surface area contributed by atoms with Gasteiger partial charge in [0, 0.05) is 26.2 Å². The van der Waals surface area contributed by atoms with Gasteiger partial charge in [-0.1, -0.05) is 42.0 Å². The highest BCUT2D eigenvalue weighted by Gasteiger charge is 2.28. The Kier molecular flexibility index (Phi) is 10.7. The molecule has 0 radical (unpaired) electrons. The summed E-state index contributed by atoms with van der Waals surface area (Å²) in [6.07, 6.45) is 7.70. The Balaban J connectivity index is 1.36. The maximum Gasteiger partial charge on any atom is 0.261 e. The van der Waals surface area contributed by atoms with Gasteiger partial charge in [-0.3, -0.25) is 9.59 Å². The van der Waals surface area contributed by atoms with Crippen molar-refractivity contribution >= 4 is 21.8 Å². The normalized spacial score (nSPS) is 17.0. The zero-order valence-corrected chi connectivity index (χ0v) is 23.9. The van der Waals surface area contributed by atoms with Crippen molar-refractivity contribution in [2.75, 3.05) is 39.5 Å². The standard InChI is InChI=1S/C30H39N3O6S/c1-24(30(35)31-17-16-25-8-4-2-5-9-25)33(22-26-10-6-3-7-11-26)29(34)23-39-27-12-14-28(15-13-27)40(36,37)32-18-20-38-21-19-32/h3,6-8,10-15,24H,2,4-5,9,16-23H2,1H3,(H,31,35)/t24-/m1/s1. The molecule has 0 unspecified atom stereocenters. The number of morpholine rings is 1. The van der Waals surface area contributed by atoms with Gasteiger partial charge in [-0.15, -0.1) is 0 Å². The van der Waals surface area contributed by atoms with Gasteiger partial charge in [0.1, 0.15) is 11.8 Å². The molecule has 2 aliphatic rings. The fraction of sp³-hybridized carbons (Fsp3) is 0.467. The highest BCUT2D eigenvalue weighted by atomic mass is 32.2. The number of benzene rings is 2. The van der Waals surface area contributed by atoms with Crippen molar-refractivity contribution in [3.8, 4) is 5.75 Å². The first-order valence-corrected chi connectivity index (χ1v) is 15.4. The highest BCUT2D eigenvalue weighted by Crippen LogP contribution is 2.21. The van der Waals surface area contributed by atoms with E-state index in [0.29, 0.717) is 38.6 Å². The van der Waals surface area contributed by atoms with Gasteiger partial charge in [0.25, 0.3) is 5.91 Å². The van der Waals surface area contributed by atoms with Gasteiger partial charge in [-0.2, -0.15) is 4.31 Å². The van der Waals surface area contributed by atoms with Crippen LogP contribution in [-0.4, -0.2) is 74.9 Å². The van der Waals surface area contributed by atoms with E-state index in [4.69, 9.17) is 9.47 Å². The van der Waals surface area contributed by atoms with Crippen molar-refractivity contribution in [2.45, 2.75) is 56.5 Å². The van der Waals surface area contributed by atoms with Gasteiger partial charge in [0.2, 0.25) is 15.9 Å². The SMILES string of the molecule is C[C@H](C(=O)NCCC1=CCCCC1)N(Cc1ccccc1)C(=O)COc1ccc(S(=O)(=O)N2CCOCC2)cc1. The molecule has 10 heteroatoms. The number of nitrogens with zero attached hydrogens (tertiary/aromatic N) is 2. The number of allylic oxidation sites excluding steroid dienone is 1. The number of amides is 2. The number of carbonyl (C=O) groups excluding carboxylic acids is 2. The molecule has 1 heterocycles. The van der Waals surface area contributed by atoms with E-state index in [1.807, 2.05) is 30.3 Å². The lowest BCUT2D eigenvalue weighted by molar-refractivity contribution is -0.142. The van der Waals surface area contributed by atoms with E-state index in [-0.39, 0.29) is 29.9 Å². The van der Waals surface area contributed by atoms with Crippen LogP contribution in [0.25, 0.3) is 0 Å². The molecule has 1 aliphatic heterocycles. The number of hydrogen-bond donors (Lipinski definition) is 1. The van der Waals surface area contributed by atoms with Crippen molar-refractivity contribution in [2.24, 2.45) is 0 Å². The second-order valence-corrected chi connectivity index (χ2v) is 12.0. The third-order valence-electron chi connectivity index (χ3n) is 7.29. The zero-order chi connectivity index (χ0) is 28.4. The van der Waals surface area contributed by atoms with Crippen LogP contribution in [0.1, 0.15) is 44.6 Å². The van der Waals surface area contributed by atoms with Gasteiger partial charge in [0.15, 0.2) is 6.61 Å². The van der Waals surface area contributed by atoms with Crippen LogP contribution < -0.4 is 10.1 Å². The first kappa shape index (κ1) is 29.8. The molecule has 40 heavy (non-hydrogen) atoms. The Labute approximate surface area is 237 Å². The number of sulfonamides is 1. The summed E-state index contributed by atoms with van der Waals surface area (Å²) in [7, 11) is -3.62. The van der Waals surface area contributed by atoms with Crippen molar-refractivity contribution in [1.82, 2.24) is 14.5 Å². The van der Waals surface area contributed by atoms with Crippen molar-refractivity contribution in [1.29, 1.82) is 0 Å². The fourth-order valence-corrected chi connectivity index (χ4v) is 6.27. The summed E-state index contributed by atoms with van der Waals surface area (Å²) >= 11 is 0. The summed E-state index contributed by atoms with van der Waals surface area (Å²) in [5.74, 6) is -0.184. The Bertz CT molecular complexity index is 1260. The topological polar surface area (TPSA) is 105 Å². The Morgan fingerprint density at radius 1 is 1.05 bits per heavy atom. The molecule has 2 aromatic carbocycles. The predicted molar refractivity (Wildman–Crippen MR) is 152 cm³/mol. The van der Waals surface area contributed by atoms with Crippen LogP contribution in [0.5, 0.6) is 5.75 Å². The smallest absolute Gasteiger partial charge is 0.261 e. The molecular formula is C30H39N3O6S. The minimum atomic E-state index is -3.62. The van der Waals surface area contributed by atoms with E-state index in [1.165, 1.54) is 51.9 Å². The molecule has 216 valence electrons. The second kappa shape index (κ2) is 14.4. The van der Waals surface area contributed by atoms with Gasteiger partial charge in [-0.25, -0.2) is 8.42 Å². The molecule has 1 saturated heterocycles. The first-order chi connectivity index (χ1) is 19.3. The lowest BCUT2D eigenvalue weighted by Crippen LogP contribution is -2.49. The molecule has 0 spiro atoms. The van der Waals surface area contributed by atoms with Gasteiger partial charge in [0.05, 0.1) is 18.1 Å². The molecule has 4 rings (SSSR count). The van der Waals surface area contributed by atoms with Crippen molar-refractivity contribution in [3.05, 3.63) is 71.8 Å². The molecule has 0 saturated carbocycles. The quantitative estimate of drug-likeness (QED) is 0.392. The van der Waals surface area contributed by atoms with Crippen LogP contribution in [-0.2, 0) is 30.9 Å². The lowest BCUT2D eigenvalue weighted by Gasteiger charge is -2.29. The van der Waals surface area contributed by atoms with Crippen molar-refractivity contribution in [3.63, 3.8) is 0 Å². The third kappa shape index (κ3) is 8.16. The fourth-order valence-electron chi connectivity index (χ4n) is 4.86. The maximum atomic E-state index is 13.3. The van der Waals surface area contributed by atoms with Crippen LogP contribution in [0, 0.1) is 0 Å². The van der Waals surface area contributed by atoms with Gasteiger partial charge < -0.3 is 19.7 Å². The molecule has 2 aromatic rings. The molecular weight excluding hydrogens is 530 g/mol. The van der Waals surface area contributed by atoms with Crippen LogP contribution in [0.3, 0.4) is 0 Å². The molecule has 1 N–H and O–H groups in total. The van der Waals surface area contributed by atoms with Crippen LogP contribution in [0.15, 0.2) is 71.1 Å². The molecule has 9 nitrogen and oxygen atoms in total. The van der Waals surface area contributed by atoms with E-state index in [9.17, 15) is 18.0 Å². The molecule has 1 atom stereocenters. The largest absolute Gasteiger partial charge is 0.484 e. The van der Waals surface area contributed by atoms with E-state index < -0.39 is 16.1 Å². The minimum Gasteiger partial charge on any atom is -0.484 e. The summed E-state index contributed by atoms with van der Waals surface area (Å²) in [5.41, 5.74) is 2.29. The summed E-state index contributed by atoms with van der Waals surface area (Å²) in [6, 6.07) is 14.8. The maximum absolute atomic E-state index is 13.3. The summed E-state index contributed by atoms with van der Waals surface area (Å²) < 4.78 is 38.1. The number of ether oxygens (including phenoxy) is 2. The monoisotopic (exact) mass is 569 g/mol. The molecule has 2 amide bonds. The van der Waals surface area contributed by atoms with E-state index in [0.717, 1.165) is 24.8 Å². The van der Waals surface area contributed by atoms with Crippen LogP contribution >= 0.6 is 0 Å². The number of rotatable bonds is 12. The van der Waals surface area contributed by atoms with Crippen LogP contribution in [0.4, 0.5) is 0 Å². The van der Waals surface area contributed by atoms with Crippen molar-refractivity contribution < 1.29 is 27.5 Å². The minimum absolute atomic E-state index is 0.160. The van der Waals surface area contributed by atoms with Crippen LogP contribution in [0.2, 0.25) is 0 Å². The average molecular weight is 570 g/mol. The van der Waals surface area contributed by atoms with E-state index >= 15 is 0 Å².